The molecule has 0 aliphatic heterocycles. The molecule has 0 spiro atoms. The van der Waals surface area contributed by atoms with Gasteiger partial charge in [0.1, 0.15) is 0 Å². The van der Waals surface area contributed by atoms with Gasteiger partial charge in [0.2, 0.25) is 5.82 Å². The number of H-pyrrole nitrogens is 2. The van der Waals surface area contributed by atoms with Gasteiger partial charge in [0, 0.05) is 6.54 Å². The van der Waals surface area contributed by atoms with Crippen LogP contribution in [0.2, 0.25) is 0 Å². The van der Waals surface area contributed by atoms with Crippen molar-refractivity contribution in [1.82, 2.24) is 15.2 Å². The van der Waals surface area contributed by atoms with Crippen LogP contribution in [0, 0.1) is 0 Å². The summed E-state index contributed by atoms with van der Waals surface area (Å²) in [6.07, 6.45) is 1.80. The smallest absolute Gasteiger partial charge is 0.342 e. The molecule has 1 aromatic carbocycles. The number of hydrogen-bond acceptors (Lipinski definition) is 4. The highest BCUT2D eigenvalue weighted by atomic mass is 16.2. The minimum absolute atomic E-state index is 0.141. The van der Waals surface area contributed by atoms with E-state index in [1.165, 1.54) is 5.56 Å². The van der Waals surface area contributed by atoms with Crippen LogP contribution in [0.25, 0.3) is 0 Å². The summed E-state index contributed by atoms with van der Waals surface area (Å²) in [5.41, 5.74) is 0.149. The Morgan fingerprint density at radius 2 is 1.94 bits per heavy atom. The van der Waals surface area contributed by atoms with Gasteiger partial charge < -0.3 is 5.32 Å². The molecule has 2 rings (SSSR count). The zero-order valence-corrected chi connectivity index (χ0v) is 9.77. The lowest BCUT2D eigenvalue weighted by Crippen LogP contribution is -2.27. The number of rotatable bonds is 5. The van der Waals surface area contributed by atoms with E-state index in [1.807, 2.05) is 18.2 Å². The van der Waals surface area contributed by atoms with Gasteiger partial charge in [-0.3, -0.25) is 9.78 Å². The van der Waals surface area contributed by atoms with Crippen molar-refractivity contribution >= 4 is 5.82 Å². The van der Waals surface area contributed by atoms with Gasteiger partial charge in [0.25, 0.3) is 5.56 Å². The molecule has 1 aromatic heterocycles. The molecule has 0 atom stereocenters. The lowest BCUT2D eigenvalue weighted by molar-refractivity contribution is 0.833. The van der Waals surface area contributed by atoms with Crippen molar-refractivity contribution in [2.24, 2.45) is 0 Å². The summed E-state index contributed by atoms with van der Waals surface area (Å²) in [7, 11) is 0. The largest absolute Gasteiger partial charge is 0.364 e. The van der Waals surface area contributed by atoms with Gasteiger partial charge >= 0.3 is 5.69 Å². The summed E-state index contributed by atoms with van der Waals surface area (Å²) in [5, 5.41) is 8.69. The standard InChI is InChI=1S/C12H14N4O2/c17-11-10(15-16-12(18)14-11)13-8-4-7-9-5-2-1-3-6-9/h1-3,5-6H,4,7-8H2,(H,13,15)(H2,14,16,17,18). The first-order valence-electron chi connectivity index (χ1n) is 5.72. The van der Waals surface area contributed by atoms with E-state index < -0.39 is 11.2 Å². The molecule has 0 saturated heterocycles. The van der Waals surface area contributed by atoms with Crippen molar-refractivity contribution in [1.29, 1.82) is 0 Å². The van der Waals surface area contributed by atoms with Crippen molar-refractivity contribution in [3.63, 3.8) is 0 Å². The fourth-order valence-corrected chi connectivity index (χ4v) is 1.61. The highest BCUT2D eigenvalue weighted by Gasteiger charge is 2.00. The van der Waals surface area contributed by atoms with Gasteiger partial charge in [-0.2, -0.15) is 0 Å². The molecule has 0 unspecified atom stereocenters. The maximum absolute atomic E-state index is 11.3. The Bertz CT molecular complexity index is 603. The van der Waals surface area contributed by atoms with E-state index in [0.29, 0.717) is 6.54 Å². The molecule has 0 fully saturated rings. The second-order valence-corrected chi connectivity index (χ2v) is 3.87. The van der Waals surface area contributed by atoms with Gasteiger partial charge in [-0.25, -0.2) is 9.89 Å². The zero-order valence-electron chi connectivity index (χ0n) is 9.77. The Balaban J connectivity index is 1.82. The van der Waals surface area contributed by atoms with Crippen LogP contribution in [0.15, 0.2) is 39.9 Å². The Morgan fingerprint density at radius 3 is 2.67 bits per heavy atom. The molecular formula is C12H14N4O2. The molecule has 6 nitrogen and oxygen atoms in total. The molecule has 3 N–H and O–H groups in total. The molecule has 0 amide bonds. The Labute approximate surface area is 103 Å². The molecule has 1 heterocycles. The third kappa shape index (κ3) is 3.31. The number of benzene rings is 1. The van der Waals surface area contributed by atoms with E-state index in [0.717, 1.165) is 12.8 Å². The average Bonchev–Trinajstić information content (AvgIpc) is 2.38. The lowest BCUT2D eigenvalue weighted by Gasteiger charge is -2.03. The molecule has 0 aliphatic carbocycles. The minimum Gasteiger partial charge on any atom is -0.364 e. The molecule has 6 heteroatoms. The van der Waals surface area contributed by atoms with Gasteiger partial charge in [0.05, 0.1) is 0 Å². The molecule has 0 bridgehead atoms. The maximum Gasteiger partial charge on any atom is 0.342 e. The number of nitrogens with one attached hydrogen (secondary N) is 3. The number of aromatic nitrogens is 3. The SMILES string of the molecule is O=c1[nH]nc(NCCCc2ccccc2)c(=O)[nH]1. The summed E-state index contributed by atoms with van der Waals surface area (Å²) < 4.78 is 0. The van der Waals surface area contributed by atoms with E-state index >= 15 is 0 Å². The third-order valence-electron chi connectivity index (χ3n) is 2.49. The number of aromatic amines is 2. The number of aryl methyl sites for hydroxylation is 1. The maximum atomic E-state index is 11.3. The van der Waals surface area contributed by atoms with Crippen LogP contribution in [0.5, 0.6) is 0 Å². The van der Waals surface area contributed by atoms with Gasteiger partial charge in [-0.05, 0) is 18.4 Å². The molecule has 0 aliphatic rings. The van der Waals surface area contributed by atoms with Gasteiger partial charge in [-0.1, -0.05) is 30.3 Å². The van der Waals surface area contributed by atoms with Crippen LogP contribution >= 0.6 is 0 Å². The van der Waals surface area contributed by atoms with Crippen LogP contribution in [-0.4, -0.2) is 21.7 Å². The molecule has 0 radical (unpaired) electrons. The highest BCUT2D eigenvalue weighted by Crippen LogP contribution is 2.02. The van der Waals surface area contributed by atoms with E-state index in [9.17, 15) is 9.59 Å². The normalized spacial score (nSPS) is 10.2. The zero-order chi connectivity index (χ0) is 12.8. The van der Waals surface area contributed by atoms with Crippen LogP contribution in [0.3, 0.4) is 0 Å². The first-order chi connectivity index (χ1) is 8.75. The van der Waals surface area contributed by atoms with Crippen molar-refractivity contribution in [3.05, 3.63) is 56.7 Å². The Kier molecular flexibility index (Phi) is 3.90. The van der Waals surface area contributed by atoms with Crippen molar-refractivity contribution in [2.45, 2.75) is 12.8 Å². The molecule has 94 valence electrons. The van der Waals surface area contributed by atoms with E-state index in [2.05, 4.69) is 32.6 Å². The minimum atomic E-state index is -0.602. The van der Waals surface area contributed by atoms with Gasteiger partial charge in [0.15, 0.2) is 0 Å². The second kappa shape index (κ2) is 5.81. The summed E-state index contributed by atoms with van der Waals surface area (Å²) >= 11 is 0. The lowest BCUT2D eigenvalue weighted by atomic mass is 10.1. The van der Waals surface area contributed by atoms with Crippen molar-refractivity contribution < 1.29 is 0 Å². The fraction of sp³-hybridized carbons (Fsp3) is 0.250. The van der Waals surface area contributed by atoms with Crippen molar-refractivity contribution in [2.75, 3.05) is 11.9 Å². The van der Waals surface area contributed by atoms with Crippen LogP contribution in [0.1, 0.15) is 12.0 Å². The van der Waals surface area contributed by atoms with Crippen molar-refractivity contribution in [3.8, 4) is 0 Å². The molecule has 18 heavy (non-hydrogen) atoms. The highest BCUT2D eigenvalue weighted by molar-refractivity contribution is 5.28. The predicted octanol–water partition coefficient (Wildman–Crippen LogP) is 0.503. The first kappa shape index (κ1) is 12.1. The summed E-state index contributed by atoms with van der Waals surface area (Å²) in [6.45, 7) is 0.622. The quantitative estimate of drug-likeness (QED) is 0.670. The number of hydrogen-bond donors (Lipinski definition) is 3. The van der Waals surface area contributed by atoms with Crippen LogP contribution in [0.4, 0.5) is 5.82 Å². The summed E-state index contributed by atoms with van der Waals surface area (Å²) in [5.74, 6) is 0.141. The fourth-order valence-electron chi connectivity index (χ4n) is 1.61. The first-order valence-corrected chi connectivity index (χ1v) is 5.72. The molecule has 2 aromatic rings. The Morgan fingerprint density at radius 1 is 1.17 bits per heavy atom. The molecule has 0 saturated carbocycles. The summed E-state index contributed by atoms with van der Waals surface area (Å²) in [6, 6.07) is 10.1. The monoisotopic (exact) mass is 246 g/mol. The topological polar surface area (TPSA) is 90.6 Å². The molecular weight excluding hydrogens is 232 g/mol. The third-order valence-corrected chi connectivity index (χ3v) is 2.49. The second-order valence-electron chi connectivity index (χ2n) is 3.87. The van der Waals surface area contributed by atoms with E-state index in [4.69, 9.17) is 0 Å². The van der Waals surface area contributed by atoms with Gasteiger partial charge in [-0.15, -0.1) is 5.10 Å². The van der Waals surface area contributed by atoms with E-state index in [1.54, 1.807) is 0 Å². The van der Waals surface area contributed by atoms with E-state index in [-0.39, 0.29) is 5.82 Å². The van der Waals surface area contributed by atoms with Crippen LogP contribution in [-0.2, 0) is 6.42 Å². The Hall–Kier alpha value is -2.37. The van der Waals surface area contributed by atoms with Crippen LogP contribution < -0.4 is 16.6 Å². The number of nitrogens with zero attached hydrogens (tertiary/aromatic N) is 1. The average molecular weight is 246 g/mol. The summed E-state index contributed by atoms with van der Waals surface area (Å²) in [4.78, 5) is 24.2. The number of anilines is 1. The predicted molar refractivity (Wildman–Crippen MR) is 68.7 cm³/mol.